The van der Waals surface area contributed by atoms with Crippen molar-refractivity contribution in [3.05, 3.63) is 53.9 Å². The minimum atomic E-state index is 0.720. The van der Waals surface area contributed by atoms with Gasteiger partial charge in [-0.15, -0.1) is 15.3 Å². The molecule has 0 amide bonds. The fourth-order valence-corrected chi connectivity index (χ4v) is 3.02. The summed E-state index contributed by atoms with van der Waals surface area (Å²) in [5.74, 6) is 0.952. The van der Waals surface area contributed by atoms with Crippen molar-refractivity contribution in [2.45, 2.75) is 6.54 Å². The van der Waals surface area contributed by atoms with Gasteiger partial charge >= 0.3 is 0 Å². The monoisotopic (exact) mass is 319 g/mol. The van der Waals surface area contributed by atoms with E-state index in [9.17, 15) is 0 Å². The van der Waals surface area contributed by atoms with Gasteiger partial charge in [-0.2, -0.15) is 9.78 Å². The van der Waals surface area contributed by atoms with E-state index < -0.39 is 0 Å². The highest BCUT2D eigenvalue weighted by molar-refractivity contribution is 5.45. The van der Waals surface area contributed by atoms with Gasteiger partial charge in [0, 0.05) is 32.7 Å². The fourth-order valence-electron chi connectivity index (χ4n) is 3.02. The Kier molecular flexibility index (Phi) is 3.81. The third-order valence-corrected chi connectivity index (χ3v) is 4.31. The van der Waals surface area contributed by atoms with Gasteiger partial charge in [0.2, 0.25) is 0 Å². The van der Waals surface area contributed by atoms with Crippen molar-refractivity contribution < 1.29 is 0 Å². The van der Waals surface area contributed by atoms with Crippen LogP contribution in [-0.4, -0.2) is 50.9 Å². The quantitative estimate of drug-likeness (QED) is 0.725. The Morgan fingerprint density at radius 2 is 1.96 bits per heavy atom. The van der Waals surface area contributed by atoms with Crippen molar-refractivity contribution in [1.82, 2.24) is 24.7 Å². The van der Waals surface area contributed by atoms with Crippen molar-refractivity contribution in [1.29, 1.82) is 5.26 Å². The molecule has 1 aliphatic heterocycles. The molecule has 0 radical (unpaired) electrons. The Bertz CT molecular complexity index is 887. The van der Waals surface area contributed by atoms with E-state index in [1.165, 1.54) is 5.56 Å². The molecule has 1 aromatic carbocycles. The Hall–Kier alpha value is -2.98. The summed E-state index contributed by atoms with van der Waals surface area (Å²) in [6.45, 7) is 4.68. The molecule has 0 N–H and O–H groups in total. The largest absolute Gasteiger partial charge is 0.353 e. The lowest BCUT2D eigenvalue weighted by molar-refractivity contribution is 0.249. The number of aromatic nitrogens is 4. The van der Waals surface area contributed by atoms with Gasteiger partial charge in [0.1, 0.15) is 12.1 Å². The number of nitriles is 1. The summed E-state index contributed by atoms with van der Waals surface area (Å²) in [5, 5.41) is 21.4. The molecule has 0 atom stereocenters. The van der Waals surface area contributed by atoms with E-state index in [-0.39, 0.29) is 0 Å². The Balaban J connectivity index is 1.40. The van der Waals surface area contributed by atoms with E-state index in [1.807, 2.05) is 30.3 Å². The van der Waals surface area contributed by atoms with Gasteiger partial charge in [0.25, 0.3) is 0 Å². The van der Waals surface area contributed by atoms with E-state index in [0.29, 0.717) is 0 Å². The lowest BCUT2D eigenvalue weighted by Gasteiger charge is -2.35. The first-order valence-electron chi connectivity index (χ1n) is 7.95. The fraction of sp³-hybridized carbons (Fsp3) is 0.294. The number of fused-ring (bicyclic) bond motifs is 1. The van der Waals surface area contributed by atoms with Crippen LogP contribution < -0.4 is 4.90 Å². The van der Waals surface area contributed by atoms with Gasteiger partial charge in [-0.25, -0.2) is 0 Å². The van der Waals surface area contributed by atoms with Crippen molar-refractivity contribution in [2.24, 2.45) is 0 Å². The molecule has 1 fully saturated rings. The van der Waals surface area contributed by atoms with Crippen molar-refractivity contribution in [3.8, 4) is 6.07 Å². The topological polar surface area (TPSA) is 73.4 Å². The molecule has 0 aliphatic carbocycles. The maximum absolute atomic E-state index is 9.00. The summed E-state index contributed by atoms with van der Waals surface area (Å²) in [7, 11) is 0. The first kappa shape index (κ1) is 14.6. The van der Waals surface area contributed by atoms with Crippen LogP contribution >= 0.6 is 0 Å². The van der Waals surface area contributed by atoms with E-state index in [0.717, 1.165) is 49.8 Å². The summed E-state index contributed by atoms with van der Waals surface area (Å²) in [4.78, 5) is 4.69. The first-order chi connectivity index (χ1) is 11.8. The van der Waals surface area contributed by atoms with E-state index >= 15 is 0 Å². The van der Waals surface area contributed by atoms with Crippen LogP contribution in [0.15, 0.2) is 42.7 Å². The van der Waals surface area contributed by atoms with Crippen molar-refractivity contribution in [3.63, 3.8) is 0 Å². The van der Waals surface area contributed by atoms with Gasteiger partial charge < -0.3 is 4.90 Å². The van der Waals surface area contributed by atoms with Gasteiger partial charge in [-0.1, -0.05) is 12.1 Å². The number of nitrogens with zero attached hydrogens (tertiary/aromatic N) is 7. The molecule has 0 unspecified atom stereocenters. The first-order valence-corrected chi connectivity index (χ1v) is 7.95. The van der Waals surface area contributed by atoms with E-state index in [1.54, 1.807) is 10.8 Å². The lowest BCUT2D eigenvalue weighted by Crippen LogP contribution is -2.46. The Morgan fingerprint density at radius 1 is 1.08 bits per heavy atom. The number of hydrogen-bond donors (Lipinski definition) is 0. The minimum absolute atomic E-state index is 0.720. The SMILES string of the molecule is N#Cc1cccc(CN2CCN(c3ccc4nncn4n3)CC2)c1. The molecule has 2 aromatic heterocycles. The van der Waals surface area contributed by atoms with E-state index in [2.05, 4.69) is 37.2 Å². The standard InChI is InChI=1S/C17H17N7/c18-11-14-2-1-3-15(10-14)12-22-6-8-23(9-7-22)17-5-4-16-20-19-13-24(16)21-17/h1-5,10,13H,6-9,12H2. The predicted octanol–water partition coefficient (Wildman–Crippen LogP) is 1.32. The van der Waals surface area contributed by atoms with Gasteiger partial charge in [0.05, 0.1) is 11.6 Å². The molecule has 7 nitrogen and oxygen atoms in total. The minimum Gasteiger partial charge on any atom is -0.353 e. The second kappa shape index (κ2) is 6.26. The van der Waals surface area contributed by atoms with Crippen LogP contribution in [0.1, 0.15) is 11.1 Å². The van der Waals surface area contributed by atoms with Crippen LogP contribution in [-0.2, 0) is 6.54 Å². The molecule has 0 spiro atoms. The molecule has 0 saturated carbocycles. The van der Waals surface area contributed by atoms with Crippen molar-refractivity contribution >= 4 is 11.5 Å². The molecule has 3 heterocycles. The number of rotatable bonds is 3. The Morgan fingerprint density at radius 3 is 2.79 bits per heavy atom. The van der Waals surface area contributed by atoms with E-state index in [4.69, 9.17) is 5.26 Å². The third-order valence-electron chi connectivity index (χ3n) is 4.31. The molecule has 3 aromatic rings. The normalized spacial score (nSPS) is 15.5. The molecule has 0 bridgehead atoms. The zero-order valence-corrected chi connectivity index (χ0v) is 13.2. The van der Waals surface area contributed by atoms with Crippen LogP contribution in [0.25, 0.3) is 5.65 Å². The zero-order chi connectivity index (χ0) is 16.4. The van der Waals surface area contributed by atoms with Gasteiger partial charge in [-0.3, -0.25) is 4.90 Å². The maximum Gasteiger partial charge on any atom is 0.177 e. The molecule has 4 rings (SSSR count). The van der Waals surface area contributed by atoms with Crippen molar-refractivity contribution in [2.75, 3.05) is 31.1 Å². The van der Waals surface area contributed by atoms with Crippen LogP contribution in [0.2, 0.25) is 0 Å². The van der Waals surface area contributed by atoms with Gasteiger partial charge in [0.15, 0.2) is 5.65 Å². The summed E-state index contributed by atoms with van der Waals surface area (Å²) >= 11 is 0. The second-order valence-corrected chi connectivity index (χ2v) is 5.90. The zero-order valence-electron chi connectivity index (χ0n) is 13.2. The summed E-state index contributed by atoms with van der Waals surface area (Å²) in [6.07, 6.45) is 1.62. The number of piperazine rings is 1. The molecule has 7 heteroatoms. The molecular weight excluding hydrogens is 302 g/mol. The Labute approximate surface area is 139 Å². The smallest absolute Gasteiger partial charge is 0.177 e. The summed E-state index contributed by atoms with van der Waals surface area (Å²) in [6, 6.07) is 14.0. The highest BCUT2D eigenvalue weighted by atomic mass is 15.4. The highest BCUT2D eigenvalue weighted by Gasteiger charge is 2.18. The summed E-state index contributed by atoms with van der Waals surface area (Å²) < 4.78 is 1.70. The number of anilines is 1. The van der Waals surface area contributed by atoms with Crippen LogP contribution in [0.3, 0.4) is 0 Å². The molecule has 24 heavy (non-hydrogen) atoms. The molecule has 120 valence electrons. The average Bonchev–Trinajstić information content (AvgIpc) is 3.10. The van der Waals surface area contributed by atoms with Crippen LogP contribution in [0, 0.1) is 11.3 Å². The second-order valence-electron chi connectivity index (χ2n) is 5.90. The lowest BCUT2D eigenvalue weighted by atomic mass is 10.1. The summed E-state index contributed by atoms with van der Waals surface area (Å²) in [5.41, 5.74) is 2.67. The van der Waals surface area contributed by atoms with Gasteiger partial charge in [-0.05, 0) is 29.8 Å². The number of hydrogen-bond acceptors (Lipinski definition) is 6. The maximum atomic E-state index is 9.00. The molecular formula is C17H17N7. The average molecular weight is 319 g/mol. The predicted molar refractivity (Wildman–Crippen MR) is 89.4 cm³/mol. The number of benzene rings is 1. The highest BCUT2D eigenvalue weighted by Crippen LogP contribution is 2.15. The third kappa shape index (κ3) is 2.92. The van der Waals surface area contributed by atoms with Crippen LogP contribution in [0.5, 0.6) is 0 Å². The van der Waals surface area contributed by atoms with Crippen LogP contribution in [0.4, 0.5) is 5.82 Å². The molecule has 1 saturated heterocycles. The molecule has 1 aliphatic rings.